The topological polar surface area (TPSA) is 80.5 Å². The predicted molar refractivity (Wildman–Crippen MR) is 98.5 cm³/mol. The Kier molecular flexibility index (Phi) is 5.27. The van der Waals surface area contributed by atoms with Crippen LogP contribution in [0, 0.1) is 30.9 Å². The van der Waals surface area contributed by atoms with Gasteiger partial charge in [0, 0.05) is 12.1 Å². The molecule has 0 aliphatic heterocycles. The SMILES string of the molecule is C=CCN(c1cc(C)cc(C)c1)S(=O)(=O)c1cc([N+](=O)[O-])ccc1C. The summed E-state index contributed by atoms with van der Waals surface area (Å²) in [5, 5.41) is 11.0. The van der Waals surface area contributed by atoms with Gasteiger partial charge in [-0.2, -0.15) is 0 Å². The van der Waals surface area contributed by atoms with Crippen LogP contribution >= 0.6 is 0 Å². The Morgan fingerprint density at radius 3 is 2.24 bits per heavy atom. The molecule has 0 fully saturated rings. The summed E-state index contributed by atoms with van der Waals surface area (Å²) in [7, 11) is -3.98. The van der Waals surface area contributed by atoms with Crippen LogP contribution in [0.5, 0.6) is 0 Å². The fourth-order valence-electron chi connectivity index (χ4n) is 2.65. The number of sulfonamides is 1. The Balaban J connectivity index is 2.66. The van der Waals surface area contributed by atoms with E-state index in [0.717, 1.165) is 17.2 Å². The van der Waals surface area contributed by atoms with E-state index in [1.807, 2.05) is 19.9 Å². The zero-order valence-electron chi connectivity index (χ0n) is 14.4. The normalized spacial score (nSPS) is 11.2. The van der Waals surface area contributed by atoms with Gasteiger partial charge in [0.2, 0.25) is 0 Å². The first-order valence-corrected chi connectivity index (χ1v) is 9.08. The van der Waals surface area contributed by atoms with Crippen LogP contribution in [0.2, 0.25) is 0 Å². The molecule has 2 rings (SSSR count). The molecule has 0 radical (unpaired) electrons. The highest BCUT2D eigenvalue weighted by atomic mass is 32.2. The Hall–Kier alpha value is -2.67. The Morgan fingerprint density at radius 2 is 1.72 bits per heavy atom. The molecule has 0 atom stereocenters. The molecule has 0 aromatic heterocycles. The lowest BCUT2D eigenvalue weighted by molar-refractivity contribution is -0.385. The number of benzene rings is 2. The van der Waals surface area contributed by atoms with Gasteiger partial charge in [-0.3, -0.25) is 14.4 Å². The number of hydrogen-bond donors (Lipinski definition) is 0. The molecular weight excluding hydrogens is 340 g/mol. The first-order valence-electron chi connectivity index (χ1n) is 7.64. The van der Waals surface area contributed by atoms with Gasteiger partial charge in [-0.1, -0.05) is 18.2 Å². The first kappa shape index (κ1) is 18.7. The highest BCUT2D eigenvalue weighted by Gasteiger charge is 2.28. The van der Waals surface area contributed by atoms with Crippen molar-refractivity contribution in [3.05, 3.63) is 75.9 Å². The quantitative estimate of drug-likeness (QED) is 0.444. The summed E-state index contributed by atoms with van der Waals surface area (Å²) in [6.45, 7) is 9.08. The smallest absolute Gasteiger partial charge is 0.263 e. The van der Waals surface area contributed by atoms with Crippen LogP contribution in [0.25, 0.3) is 0 Å². The number of nitrogens with zero attached hydrogens (tertiary/aromatic N) is 2. The molecule has 0 bridgehead atoms. The summed E-state index contributed by atoms with van der Waals surface area (Å²) >= 11 is 0. The number of rotatable bonds is 6. The lowest BCUT2D eigenvalue weighted by Gasteiger charge is -2.24. The predicted octanol–water partition coefficient (Wildman–Crippen LogP) is 3.90. The summed E-state index contributed by atoms with van der Waals surface area (Å²) in [5.74, 6) is 0. The minimum atomic E-state index is -3.98. The summed E-state index contributed by atoms with van der Waals surface area (Å²) < 4.78 is 27.6. The van der Waals surface area contributed by atoms with E-state index in [0.29, 0.717) is 11.3 Å². The van der Waals surface area contributed by atoms with Gasteiger partial charge in [0.15, 0.2) is 0 Å². The van der Waals surface area contributed by atoms with Crippen molar-refractivity contribution in [2.75, 3.05) is 10.8 Å². The summed E-state index contributed by atoms with van der Waals surface area (Å²) in [4.78, 5) is 10.3. The highest BCUT2D eigenvalue weighted by Crippen LogP contribution is 2.29. The van der Waals surface area contributed by atoms with Gasteiger partial charge in [0.25, 0.3) is 15.7 Å². The molecule has 0 saturated heterocycles. The maximum Gasteiger partial charge on any atom is 0.270 e. The van der Waals surface area contributed by atoms with Gasteiger partial charge in [-0.15, -0.1) is 6.58 Å². The molecule has 0 saturated carbocycles. The van der Waals surface area contributed by atoms with Crippen molar-refractivity contribution in [1.82, 2.24) is 0 Å². The monoisotopic (exact) mass is 360 g/mol. The molecule has 0 unspecified atom stereocenters. The number of aryl methyl sites for hydroxylation is 3. The minimum Gasteiger partial charge on any atom is -0.263 e. The molecule has 0 spiro atoms. The highest BCUT2D eigenvalue weighted by molar-refractivity contribution is 7.92. The third kappa shape index (κ3) is 3.88. The van der Waals surface area contributed by atoms with Crippen molar-refractivity contribution >= 4 is 21.4 Å². The number of nitro benzene ring substituents is 1. The molecule has 7 heteroatoms. The summed E-state index contributed by atoms with van der Waals surface area (Å²) in [6, 6.07) is 9.31. The second-order valence-corrected chi connectivity index (χ2v) is 7.71. The molecule has 2 aromatic rings. The fraction of sp³-hybridized carbons (Fsp3) is 0.222. The average molecular weight is 360 g/mol. The molecular formula is C18H20N2O4S. The van der Waals surface area contributed by atoms with Crippen LogP contribution in [0.1, 0.15) is 16.7 Å². The third-order valence-corrected chi connectivity index (χ3v) is 5.68. The standard InChI is InChI=1S/C18H20N2O4S/c1-5-8-19(17-10-13(2)9-14(3)11-17)25(23,24)18-12-16(20(21)22)7-6-15(18)4/h5-7,9-12H,1,8H2,2-4H3. The zero-order valence-corrected chi connectivity index (χ0v) is 15.2. The van der Waals surface area contributed by atoms with E-state index >= 15 is 0 Å². The molecule has 0 heterocycles. The number of nitro groups is 1. The van der Waals surface area contributed by atoms with Crippen molar-refractivity contribution in [2.45, 2.75) is 25.7 Å². The van der Waals surface area contributed by atoms with Crippen molar-refractivity contribution in [1.29, 1.82) is 0 Å². The van der Waals surface area contributed by atoms with Gasteiger partial charge in [0.1, 0.15) is 0 Å². The van der Waals surface area contributed by atoms with Crippen molar-refractivity contribution in [3.8, 4) is 0 Å². The van der Waals surface area contributed by atoms with Crippen LogP contribution in [-0.4, -0.2) is 19.9 Å². The Bertz CT molecular complexity index is 916. The van der Waals surface area contributed by atoms with E-state index in [1.54, 1.807) is 19.1 Å². The zero-order chi connectivity index (χ0) is 18.8. The van der Waals surface area contributed by atoms with E-state index in [9.17, 15) is 18.5 Å². The van der Waals surface area contributed by atoms with Crippen molar-refractivity contribution in [3.63, 3.8) is 0 Å². The number of hydrogen-bond acceptors (Lipinski definition) is 4. The maximum atomic E-state index is 13.2. The number of non-ortho nitro benzene ring substituents is 1. The molecule has 0 aliphatic rings. The van der Waals surface area contributed by atoms with Crippen LogP contribution in [0.3, 0.4) is 0 Å². The molecule has 0 N–H and O–H groups in total. The van der Waals surface area contributed by atoms with E-state index < -0.39 is 14.9 Å². The summed E-state index contributed by atoms with van der Waals surface area (Å²) in [6.07, 6.45) is 1.49. The van der Waals surface area contributed by atoms with E-state index in [4.69, 9.17) is 0 Å². The van der Waals surface area contributed by atoms with E-state index in [-0.39, 0.29) is 17.1 Å². The Morgan fingerprint density at radius 1 is 1.12 bits per heavy atom. The van der Waals surface area contributed by atoms with E-state index in [1.165, 1.54) is 22.5 Å². The average Bonchev–Trinajstić information content (AvgIpc) is 2.51. The molecule has 0 aliphatic carbocycles. The lowest BCUT2D eigenvalue weighted by Crippen LogP contribution is -2.31. The minimum absolute atomic E-state index is 0.0629. The number of anilines is 1. The van der Waals surface area contributed by atoms with Gasteiger partial charge < -0.3 is 0 Å². The van der Waals surface area contributed by atoms with Crippen molar-refractivity contribution < 1.29 is 13.3 Å². The van der Waals surface area contributed by atoms with Crippen LogP contribution in [-0.2, 0) is 10.0 Å². The fourth-order valence-corrected chi connectivity index (χ4v) is 4.32. The molecule has 132 valence electrons. The maximum absolute atomic E-state index is 13.2. The summed E-state index contributed by atoms with van der Waals surface area (Å²) in [5.41, 5.74) is 2.54. The van der Waals surface area contributed by atoms with Gasteiger partial charge in [-0.25, -0.2) is 8.42 Å². The second kappa shape index (κ2) is 7.06. The van der Waals surface area contributed by atoms with Crippen LogP contribution in [0.15, 0.2) is 53.9 Å². The largest absolute Gasteiger partial charge is 0.270 e. The molecule has 6 nitrogen and oxygen atoms in total. The van der Waals surface area contributed by atoms with Gasteiger partial charge in [-0.05, 0) is 49.6 Å². The van der Waals surface area contributed by atoms with Crippen LogP contribution in [0.4, 0.5) is 11.4 Å². The Labute approximate surface area is 147 Å². The molecule has 25 heavy (non-hydrogen) atoms. The molecule has 2 aromatic carbocycles. The van der Waals surface area contributed by atoms with Gasteiger partial charge >= 0.3 is 0 Å². The van der Waals surface area contributed by atoms with Crippen LogP contribution < -0.4 is 4.31 Å². The third-order valence-electron chi connectivity index (χ3n) is 3.74. The molecule has 0 amide bonds. The van der Waals surface area contributed by atoms with E-state index in [2.05, 4.69) is 6.58 Å². The van der Waals surface area contributed by atoms with Crippen molar-refractivity contribution in [2.24, 2.45) is 0 Å². The lowest BCUT2D eigenvalue weighted by atomic mass is 10.1. The van der Waals surface area contributed by atoms with Gasteiger partial charge in [0.05, 0.1) is 22.1 Å². The second-order valence-electron chi connectivity index (χ2n) is 5.88. The first-order chi connectivity index (χ1) is 11.7.